The van der Waals surface area contributed by atoms with Gasteiger partial charge in [0.25, 0.3) is 0 Å². The highest BCUT2D eigenvalue weighted by molar-refractivity contribution is 14.2. The Morgan fingerprint density at radius 3 is 1.97 bits per heavy atom. The van der Waals surface area contributed by atoms with Crippen LogP contribution in [-0.2, 0) is 14.2 Å². The molecule has 0 saturated carbocycles. The van der Waals surface area contributed by atoms with Crippen LogP contribution < -0.4 is 9.80 Å². The van der Waals surface area contributed by atoms with Gasteiger partial charge in [-0.25, -0.2) is 24.9 Å². The molecule has 0 spiro atoms. The molecule has 1 aliphatic rings. The second-order valence-corrected chi connectivity index (χ2v) is 6.23. The summed E-state index contributed by atoms with van der Waals surface area (Å²) in [6.07, 6.45) is 7.96. The Labute approximate surface area is 241 Å². The molecule has 0 amide bonds. The van der Waals surface area contributed by atoms with Gasteiger partial charge in [0, 0.05) is 46.2 Å². The zero-order valence-electron chi connectivity index (χ0n) is 22.1. The first-order valence-corrected chi connectivity index (χ1v) is 15.5. The SMILES string of the molecule is C.CC.CC.COC(COCC1CN(c2ncc(C)cn2)CCN1c1ncncn1)OC.CS.SI. The second-order valence-electron chi connectivity index (χ2n) is 6.23. The summed E-state index contributed by atoms with van der Waals surface area (Å²) in [5, 5.41) is 0. The highest BCUT2D eigenvalue weighted by atomic mass is 127. The number of aromatic nitrogens is 5. The Balaban J connectivity index is -0.00000110. The molecule has 2 aromatic rings. The first-order valence-electron chi connectivity index (χ1n) is 11.4. The summed E-state index contributed by atoms with van der Waals surface area (Å²) in [5.74, 6) is 1.35. The summed E-state index contributed by atoms with van der Waals surface area (Å²) >= 11 is 5.37. The molecule has 1 fully saturated rings. The minimum atomic E-state index is -0.393. The third-order valence-corrected chi connectivity index (χ3v) is 4.36. The van der Waals surface area contributed by atoms with Crippen LogP contribution in [0.1, 0.15) is 40.7 Å². The van der Waals surface area contributed by atoms with Crippen molar-refractivity contribution in [2.45, 2.75) is 54.4 Å². The van der Waals surface area contributed by atoms with Crippen LogP contribution in [-0.4, -0.2) is 90.6 Å². The fourth-order valence-corrected chi connectivity index (χ4v) is 2.91. The quantitative estimate of drug-likeness (QED) is 0.234. The molecular formula is C23H46IN7O3S2. The number of ether oxygens (including phenoxy) is 3. The van der Waals surface area contributed by atoms with Gasteiger partial charge in [-0.15, -0.1) is 9.80 Å². The van der Waals surface area contributed by atoms with E-state index in [0.717, 1.165) is 18.7 Å². The van der Waals surface area contributed by atoms with Gasteiger partial charge in [-0.2, -0.15) is 12.6 Å². The van der Waals surface area contributed by atoms with Gasteiger partial charge in [0.15, 0.2) is 6.29 Å². The molecule has 3 rings (SSSR count). The van der Waals surface area contributed by atoms with E-state index in [1.165, 1.54) is 12.7 Å². The van der Waals surface area contributed by atoms with Crippen molar-refractivity contribution in [2.24, 2.45) is 0 Å². The summed E-state index contributed by atoms with van der Waals surface area (Å²) in [4.78, 5) is 25.6. The van der Waals surface area contributed by atoms with Crippen molar-refractivity contribution >= 4 is 55.5 Å². The molecule has 10 nitrogen and oxygen atoms in total. The van der Waals surface area contributed by atoms with Crippen molar-refractivity contribution in [3.8, 4) is 0 Å². The third kappa shape index (κ3) is 14.7. The number of piperazine rings is 1. The Morgan fingerprint density at radius 1 is 0.944 bits per heavy atom. The van der Waals surface area contributed by atoms with Crippen molar-refractivity contribution in [1.82, 2.24) is 24.9 Å². The van der Waals surface area contributed by atoms with Gasteiger partial charge >= 0.3 is 0 Å². The summed E-state index contributed by atoms with van der Waals surface area (Å²) in [6, 6.07) is 0.0282. The fourth-order valence-electron chi connectivity index (χ4n) is 2.91. The van der Waals surface area contributed by atoms with Gasteiger partial charge in [-0.1, -0.05) is 35.1 Å². The van der Waals surface area contributed by atoms with Crippen molar-refractivity contribution < 1.29 is 14.2 Å². The number of anilines is 2. The molecule has 1 atom stereocenters. The maximum absolute atomic E-state index is 5.84. The van der Waals surface area contributed by atoms with E-state index in [0.29, 0.717) is 31.7 Å². The van der Waals surface area contributed by atoms with Crippen LogP contribution in [0, 0.1) is 6.92 Å². The van der Waals surface area contributed by atoms with Crippen LogP contribution >= 0.6 is 43.6 Å². The Bertz CT molecular complexity index is 706. The van der Waals surface area contributed by atoms with Gasteiger partial charge in [-0.05, 0) is 39.9 Å². The minimum absolute atomic E-state index is 0. The number of aryl methyl sites for hydroxylation is 1. The summed E-state index contributed by atoms with van der Waals surface area (Å²) in [7, 11) is 6.68. The van der Waals surface area contributed by atoms with Crippen molar-refractivity contribution in [1.29, 1.82) is 0 Å². The number of halogens is 1. The van der Waals surface area contributed by atoms with E-state index < -0.39 is 6.29 Å². The number of nitrogens with zero attached hydrogens (tertiary/aromatic N) is 7. The van der Waals surface area contributed by atoms with Gasteiger partial charge in [0.05, 0.1) is 19.3 Å². The minimum Gasteiger partial charge on any atom is -0.374 e. The number of hydrogen-bond acceptors (Lipinski definition) is 12. The zero-order chi connectivity index (χ0) is 27.1. The van der Waals surface area contributed by atoms with E-state index in [-0.39, 0.29) is 13.5 Å². The van der Waals surface area contributed by atoms with E-state index in [1.807, 2.05) is 68.2 Å². The Kier molecular flexibility index (Phi) is 29.7. The van der Waals surface area contributed by atoms with Gasteiger partial charge in [-0.3, -0.25) is 0 Å². The topological polar surface area (TPSA) is 98.6 Å². The lowest BCUT2D eigenvalue weighted by atomic mass is 10.2. The number of methoxy groups -OCH3 is 2. The molecule has 1 aliphatic heterocycles. The smallest absolute Gasteiger partial charge is 0.228 e. The van der Waals surface area contributed by atoms with Gasteiger partial charge in [0.2, 0.25) is 11.9 Å². The van der Waals surface area contributed by atoms with E-state index in [9.17, 15) is 0 Å². The second kappa shape index (κ2) is 27.0. The maximum Gasteiger partial charge on any atom is 0.228 e. The number of hydrogen-bond donors (Lipinski definition) is 2. The number of rotatable bonds is 8. The molecule has 0 bridgehead atoms. The highest BCUT2D eigenvalue weighted by Crippen LogP contribution is 2.19. The van der Waals surface area contributed by atoms with Crippen LogP contribution in [0.25, 0.3) is 0 Å². The lowest BCUT2D eigenvalue weighted by Crippen LogP contribution is -2.56. The molecule has 0 N–H and O–H groups in total. The molecule has 2 aromatic heterocycles. The fraction of sp³-hybridized carbons (Fsp3) is 0.696. The molecular weight excluding hydrogens is 613 g/mol. The van der Waals surface area contributed by atoms with Gasteiger partial charge < -0.3 is 24.0 Å². The van der Waals surface area contributed by atoms with Gasteiger partial charge in [0.1, 0.15) is 12.7 Å². The predicted molar refractivity (Wildman–Crippen MR) is 166 cm³/mol. The van der Waals surface area contributed by atoms with Crippen molar-refractivity contribution in [3.05, 3.63) is 30.6 Å². The molecule has 13 heteroatoms. The summed E-state index contributed by atoms with van der Waals surface area (Å²) in [5.41, 5.74) is 1.03. The molecule has 0 radical (unpaired) electrons. The maximum atomic E-state index is 5.84. The van der Waals surface area contributed by atoms with Crippen LogP contribution in [0.3, 0.4) is 0 Å². The van der Waals surface area contributed by atoms with Crippen LogP contribution in [0.5, 0.6) is 0 Å². The van der Waals surface area contributed by atoms with Crippen LogP contribution in [0.2, 0.25) is 0 Å². The first-order chi connectivity index (χ1) is 17.2. The monoisotopic (exact) mass is 659 g/mol. The molecule has 1 unspecified atom stereocenters. The summed E-state index contributed by atoms with van der Waals surface area (Å²) < 4.78 is 16.2. The lowest BCUT2D eigenvalue weighted by Gasteiger charge is -2.41. The summed E-state index contributed by atoms with van der Waals surface area (Å²) in [6.45, 7) is 13.0. The molecule has 0 aliphatic carbocycles. The molecule has 210 valence electrons. The van der Waals surface area contributed by atoms with Crippen LogP contribution in [0.4, 0.5) is 11.9 Å². The Morgan fingerprint density at radius 2 is 1.47 bits per heavy atom. The lowest BCUT2D eigenvalue weighted by molar-refractivity contribution is -0.141. The standard InChI is InChI=1S/C17H25N7O3.2C2H6.CH4S.CH4.HIS/c1-13-6-19-16(20-7-13)23-4-5-24(17-21-11-18-12-22-17)14(8-23)9-27-10-15(25-2)26-3;3*1-2;;1-2/h6-7,11-12,14-15H,4-5,8-10H2,1-3H3;2*1-2H3;2H,1H3;1H4;2H. The van der Waals surface area contributed by atoms with Crippen molar-refractivity contribution in [2.75, 3.05) is 63.1 Å². The van der Waals surface area contributed by atoms with E-state index >= 15 is 0 Å². The average molecular weight is 660 g/mol. The zero-order valence-corrected chi connectivity index (χ0v) is 26.1. The highest BCUT2D eigenvalue weighted by Gasteiger charge is 2.30. The van der Waals surface area contributed by atoms with Crippen molar-refractivity contribution in [3.63, 3.8) is 0 Å². The largest absolute Gasteiger partial charge is 0.374 e. The Hall–Kier alpha value is -1.00. The average Bonchev–Trinajstić information content (AvgIpc) is 2.96. The molecule has 0 aromatic carbocycles. The van der Waals surface area contributed by atoms with E-state index in [4.69, 9.17) is 14.2 Å². The molecule has 36 heavy (non-hydrogen) atoms. The third-order valence-electron chi connectivity index (χ3n) is 4.36. The van der Waals surface area contributed by atoms with Crippen LogP contribution in [0.15, 0.2) is 25.0 Å². The normalized spacial score (nSPS) is 13.8. The van der Waals surface area contributed by atoms with E-state index in [2.05, 4.69) is 57.1 Å². The molecule has 3 heterocycles. The first kappa shape index (κ1) is 39.5. The molecule has 1 saturated heterocycles. The predicted octanol–water partition coefficient (Wildman–Crippen LogP) is 4.80. The van der Waals surface area contributed by atoms with E-state index in [1.54, 1.807) is 20.5 Å². The number of thiol groups is 2.